The van der Waals surface area contributed by atoms with Crippen molar-refractivity contribution >= 4 is 39.5 Å². The Morgan fingerprint density at radius 2 is 2.08 bits per heavy atom. The monoisotopic (exact) mass is 434 g/mol. The first-order chi connectivity index (χ1) is 12.6. The number of ether oxygens (including phenoxy) is 2. The summed E-state index contributed by atoms with van der Waals surface area (Å²) in [6, 6.07) is 13.8. The number of methoxy groups -OCH3 is 1. The van der Waals surface area contributed by atoms with Crippen LogP contribution in [0.25, 0.3) is 0 Å². The largest absolute Gasteiger partial charge is 0.493 e. The number of hydrogen-bond acceptors (Lipinski definition) is 3. The van der Waals surface area contributed by atoms with E-state index in [4.69, 9.17) is 21.7 Å². The summed E-state index contributed by atoms with van der Waals surface area (Å²) in [6.45, 7) is 4.68. The molecule has 5 nitrogen and oxygen atoms in total. The molecule has 0 amide bonds. The van der Waals surface area contributed by atoms with Crippen molar-refractivity contribution in [2.24, 2.45) is 0 Å². The number of hydrazone groups is 1. The summed E-state index contributed by atoms with van der Waals surface area (Å²) in [4.78, 5) is 0. The van der Waals surface area contributed by atoms with Crippen molar-refractivity contribution in [3.05, 3.63) is 70.7 Å². The van der Waals surface area contributed by atoms with Gasteiger partial charge in [0.05, 0.1) is 11.6 Å². The van der Waals surface area contributed by atoms with Gasteiger partial charge in [-0.15, -0.1) is 17.1 Å². The van der Waals surface area contributed by atoms with Crippen molar-refractivity contribution in [3.8, 4) is 11.5 Å². The van der Waals surface area contributed by atoms with Crippen molar-refractivity contribution in [2.45, 2.75) is 6.61 Å². The Bertz CT molecular complexity index is 782. The Morgan fingerprint density at radius 3 is 2.77 bits per heavy atom. The van der Waals surface area contributed by atoms with E-state index < -0.39 is 0 Å². The fourth-order valence-electron chi connectivity index (χ4n) is 2.09. The summed E-state index contributed by atoms with van der Waals surface area (Å²) in [5.74, 6) is 1.29. The third-order valence-electron chi connectivity index (χ3n) is 3.31. The minimum atomic E-state index is 0.460. The number of rotatable bonds is 8. The third-order valence-corrected chi connectivity index (χ3v) is 4.14. The number of hydrazine groups is 1. The zero-order chi connectivity index (χ0) is 18.8. The molecule has 0 saturated carbocycles. The maximum absolute atomic E-state index is 5.92. The molecule has 136 valence electrons. The van der Waals surface area contributed by atoms with Crippen molar-refractivity contribution in [1.29, 1.82) is 0 Å². The topological polar surface area (TPSA) is 56.5 Å². The Hall–Kier alpha value is -2.38. The van der Waals surface area contributed by atoms with Crippen molar-refractivity contribution < 1.29 is 14.6 Å². The molecule has 0 heterocycles. The van der Waals surface area contributed by atoms with Gasteiger partial charge in [-0.1, -0.05) is 36.4 Å². The van der Waals surface area contributed by atoms with Gasteiger partial charge in [0.25, 0.3) is 0 Å². The van der Waals surface area contributed by atoms with Crippen LogP contribution in [0.4, 0.5) is 0 Å². The van der Waals surface area contributed by atoms with Crippen LogP contribution in [0, 0.1) is 0 Å². The lowest BCUT2D eigenvalue weighted by molar-refractivity contribution is -0.500. The second-order valence-corrected chi connectivity index (χ2v) is 6.48. The molecule has 0 aromatic heterocycles. The molecule has 0 aliphatic rings. The maximum Gasteiger partial charge on any atom is 0.224 e. The molecule has 0 radical (unpaired) electrons. The minimum Gasteiger partial charge on any atom is -0.493 e. The fraction of sp³-hybridized carbons (Fsp3) is 0.158. The van der Waals surface area contributed by atoms with E-state index in [1.165, 1.54) is 0 Å². The summed E-state index contributed by atoms with van der Waals surface area (Å²) >= 11 is 8.65. The average molecular weight is 435 g/mol. The quantitative estimate of drug-likeness (QED) is 0.257. The van der Waals surface area contributed by atoms with Gasteiger partial charge in [0.2, 0.25) is 5.11 Å². The van der Waals surface area contributed by atoms with E-state index in [0.717, 1.165) is 15.6 Å². The highest BCUT2D eigenvalue weighted by atomic mass is 79.9. The Labute approximate surface area is 167 Å². The zero-order valence-electron chi connectivity index (χ0n) is 14.4. The van der Waals surface area contributed by atoms with Gasteiger partial charge in [-0.2, -0.15) is 0 Å². The number of halogens is 1. The fourth-order valence-corrected chi connectivity index (χ4v) is 2.80. The molecule has 3 N–H and O–H groups in total. The first kappa shape index (κ1) is 19.9. The lowest BCUT2D eigenvalue weighted by atomic mass is 10.2. The SMILES string of the molecule is C=CCNC(=S)N[NH+]=Cc1cc(Br)c(OCc2ccccc2)c(OC)c1. The molecule has 2 rings (SSSR count). The minimum absolute atomic E-state index is 0.460. The van der Waals surface area contributed by atoms with Crippen LogP contribution in [-0.2, 0) is 6.61 Å². The molecule has 0 aliphatic heterocycles. The molecule has 0 aliphatic carbocycles. The first-order valence-corrected chi connectivity index (χ1v) is 9.12. The van der Waals surface area contributed by atoms with Crippen LogP contribution in [0.1, 0.15) is 11.1 Å². The average Bonchev–Trinajstić information content (AvgIpc) is 2.66. The van der Waals surface area contributed by atoms with E-state index in [1.807, 2.05) is 42.5 Å². The summed E-state index contributed by atoms with van der Waals surface area (Å²) in [6.07, 6.45) is 3.50. The molecular formula is C19H21BrN3O2S+. The summed E-state index contributed by atoms with van der Waals surface area (Å²) in [5, 5.41) is 6.38. The number of hydrogen-bond donors (Lipinski definition) is 3. The van der Waals surface area contributed by atoms with Crippen molar-refractivity contribution in [3.63, 3.8) is 0 Å². The van der Waals surface area contributed by atoms with Gasteiger partial charge in [0.15, 0.2) is 17.7 Å². The second-order valence-electron chi connectivity index (χ2n) is 5.22. The second kappa shape index (κ2) is 10.6. The smallest absolute Gasteiger partial charge is 0.224 e. The first-order valence-electron chi connectivity index (χ1n) is 7.91. The molecule has 0 fully saturated rings. The summed E-state index contributed by atoms with van der Waals surface area (Å²) in [5.41, 5.74) is 4.84. The Morgan fingerprint density at radius 1 is 1.31 bits per heavy atom. The molecule has 0 spiro atoms. The number of benzene rings is 2. The molecule has 0 unspecified atom stereocenters. The standard InChI is InChI=1S/C19H20BrN3O2S/c1-3-9-21-19(26)23-22-12-15-10-16(20)18(17(11-15)24-2)25-13-14-7-5-4-6-8-14/h3-8,10-12H,1,9,13H2,2H3,(H2,21,23,26)/p+1. The van der Waals surface area contributed by atoms with E-state index in [9.17, 15) is 0 Å². The molecule has 0 saturated heterocycles. The van der Waals surface area contributed by atoms with E-state index in [1.54, 1.807) is 19.4 Å². The lowest BCUT2D eigenvalue weighted by Gasteiger charge is -2.13. The molecule has 26 heavy (non-hydrogen) atoms. The van der Waals surface area contributed by atoms with Gasteiger partial charge in [-0.3, -0.25) is 0 Å². The number of nitrogens with one attached hydrogen (secondary N) is 3. The van der Waals surface area contributed by atoms with Crippen LogP contribution in [0.15, 0.2) is 59.6 Å². The van der Waals surface area contributed by atoms with Crippen LogP contribution < -0.4 is 25.3 Å². The predicted octanol–water partition coefficient (Wildman–Crippen LogP) is 2.10. The van der Waals surface area contributed by atoms with Gasteiger partial charge in [0, 0.05) is 12.1 Å². The molecular weight excluding hydrogens is 414 g/mol. The Kier molecular flexibility index (Phi) is 8.11. The number of thiocarbonyl (C=S) groups is 1. The highest BCUT2D eigenvalue weighted by Crippen LogP contribution is 2.36. The molecule has 7 heteroatoms. The highest BCUT2D eigenvalue weighted by Gasteiger charge is 2.12. The van der Waals surface area contributed by atoms with Crippen molar-refractivity contribution in [2.75, 3.05) is 13.7 Å². The molecule has 2 aromatic carbocycles. The van der Waals surface area contributed by atoms with E-state index >= 15 is 0 Å². The molecule has 0 atom stereocenters. The third kappa shape index (κ3) is 6.16. The van der Waals surface area contributed by atoms with Crippen LogP contribution in [-0.4, -0.2) is 25.0 Å². The van der Waals surface area contributed by atoms with Crippen LogP contribution in [0.2, 0.25) is 0 Å². The predicted molar refractivity (Wildman–Crippen MR) is 112 cm³/mol. The highest BCUT2D eigenvalue weighted by molar-refractivity contribution is 9.10. The van der Waals surface area contributed by atoms with Crippen LogP contribution >= 0.6 is 28.1 Å². The zero-order valence-corrected chi connectivity index (χ0v) is 16.8. The molecule has 2 aromatic rings. The van der Waals surface area contributed by atoms with Gasteiger partial charge < -0.3 is 14.8 Å². The van der Waals surface area contributed by atoms with Gasteiger partial charge >= 0.3 is 0 Å². The van der Waals surface area contributed by atoms with E-state index in [-0.39, 0.29) is 0 Å². The van der Waals surface area contributed by atoms with Crippen LogP contribution in [0.5, 0.6) is 11.5 Å². The van der Waals surface area contributed by atoms with Crippen LogP contribution in [0.3, 0.4) is 0 Å². The lowest BCUT2D eigenvalue weighted by Crippen LogP contribution is -2.82. The van der Waals surface area contributed by atoms with Crippen molar-refractivity contribution in [1.82, 2.24) is 10.7 Å². The Balaban J connectivity index is 2.05. The van der Waals surface area contributed by atoms with E-state index in [0.29, 0.717) is 29.8 Å². The maximum atomic E-state index is 5.92. The molecule has 0 bridgehead atoms. The van der Waals surface area contributed by atoms with Gasteiger partial charge in [-0.25, -0.2) is 0 Å². The van der Waals surface area contributed by atoms with E-state index in [2.05, 4.69) is 38.4 Å². The normalized spacial score (nSPS) is 10.4. The summed E-state index contributed by atoms with van der Waals surface area (Å²) in [7, 11) is 1.61. The van der Waals surface area contributed by atoms with Gasteiger partial charge in [0.1, 0.15) is 6.61 Å². The van der Waals surface area contributed by atoms with Gasteiger partial charge in [-0.05, 0) is 45.8 Å². The summed E-state index contributed by atoms with van der Waals surface area (Å²) < 4.78 is 12.2.